The predicted octanol–water partition coefficient (Wildman–Crippen LogP) is 3.70. The molecule has 2 aromatic carbocycles. The van der Waals surface area contributed by atoms with Crippen molar-refractivity contribution < 1.29 is 14.3 Å². The van der Waals surface area contributed by atoms with Crippen LogP contribution in [-0.4, -0.2) is 46.0 Å². The van der Waals surface area contributed by atoms with E-state index >= 15 is 0 Å². The van der Waals surface area contributed by atoms with Gasteiger partial charge in [-0.05, 0) is 43.5 Å². The van der Waals surface area contributed by atoms with Crippen molar-refractivity contribution in [1.82, 2.24) is 14.5 Å². The minimum atomic E-state index is -0.131. The van der Waals surface area contributed by atoms with Crippen molar-refractivity contribution in [3.8, 4) is 5.75 Å². The smallest absolute Gasteiger partial charge is 0.260 e. The van der Waals surface area contributed by atoms with Crippen molar-refractivity contribution in [2.45, 2.75) is 32.7 Å². The zero-order valence-corrected chi connectivity index (χ0v) is 17.8. The molecule has 0 atom stereocenters. The van der Waals surface area contributed by atoms with Crippen molar-refractivity contribution in [1.29, 1.82) is 0 Å². The van der Waals surface area contributed by atoms with E-state index in [0.29, 0.717) is 37.6 Å². The van der Waals surface area contributed by atoms with Crippen LogP contribution in [0.2, 0.25) is 0 Å². The molecule has 1 saturated heterocycles. The Hall–Kier alpha value is -3.35. The second-order valence-electron chi connectivity index (χ2n) is 7.82. The summed E-state index contributed by atoms with van der Waals surface area (Å²) < 4.78 is 7.62. The normalized spacial score (nSPS) is 14.5. The lowest BCUT2D eigenvalue weighted by Crippen LogP contribution is -2.43. The molecular weight excluding hydrogens is 392 g/mol. The van der Waals surface area contributed by atoms with Crippen LogP contribution < -0.4 is 10.1 Å². The molecule has 162 valence electrons. The highest BCUT2D eigenvalue weighted by molar-refractivity contribution is 5.93. The molecule has 0 radical (unpaired) electrons. The monoisotopic (exact) mass is 420 g/mol. The summed E-state index contributed by atoms with van der Waals surface area (Å²) in [5.74, 6) is 1.07. The fourth-order valence-electron chi connectivity index (χ4n) is 3.98. The maximum absolute atomic E-state index is 12.9. The Morgan fingerprint density at radius 3 is 2.52 bits per heavy atom. The molecule has 1 fully saturated rings. The number of nitrogens with one attached hydrogen (secondary N) is 1. The molecule has 0 saturated carbocycles. The molecule has 0 bridgehead atoms. The molecule has 1 aromatic heterocycles. The van der Waals surface area contributed by atoms with Crippen LogP contribution in [0.5, 0.6) is 5.75 Å². The van der Waals surface area contributed by atoms with Gasteiger partial charge in [-0.15, -0.1) is 0 Å². The fraction of sp³-hybridized carbons (Fsp3) is 0.375. The van der Waals surface area contributed by atoms with Crippen LogP contribution in [-0.2, 0) is 16.1 Å². The van der Waals surface area contributed by atoms with E-state index in [1.54, 1.807) is 4.90 Å². The molecule has 2 amide bonds. The van der Waals surface area contributed by atoms with E-state index in [9.17, 15) is 9.59 Å². The Morgan fingerprint density at radius 2 is 1.77 bits per heavy atom. The number of para-hydroxylation sites is 3. The topological polar surface area (TPSA) is 76.5 Å². The van der Waals surface area contributed by atoms with Crippen LogP contribution in [0.3, 0.4) is 0 Å². The number of hydrogen-bond acceptors (Lipinski definition) is 4. The summed E-state index contributed by atoms with van der Waals surface area (Å²) in [6.07, 6.45) is 2.22. The second-order valence-corrected chi connectivity index (χ2v) is 7.82. The summed E-state index contributed by atoms with van der Waals surface area (Å²) in [5.41, 5.74) is 1.91. The lowest BCUT2D eigenvalue weighted by atomic mass is 9.96. The molecule has 3 aromatic rings. The summed E-state index contributed by atoms with van der Waals surface area (Å²) in [6.45, 7) is 4.03. The third-order valence-electron chi connectivity index (χ3n) is 5.66. The van der Waals surface area contributed by atoms with Crippen molar-refractivity contribution in [3.63, 3.8) is 0 Å². The van der Waals surface area contributed by atoms with Gasteiger partial charge in [0.2, 0.25) is 11.9 Å². The Balaban J connectivity index is 1.32. The van der Waals surface area contributed by atoms with Crippen molar-refractivity contribution in [2.24, 2.45) is 5.92 Å². The van der Waals surface area contributed by atoms with Gasteiger partial charge in [0.1, 0.15) is 5.75 Å². The minimum absolute atomic E-state index is 0.0158. The van der Waals surface area contributed by atoms with Gasteiger partial charge in [-0.2, -0.15) is 0 Å². The average molecular weight is 421 g/mol. The number of anilines is 1. The minimum Gasteiger partial charge on any atom is -0.484 e. The maximum atomic E-state index is 12.9. The van der Waals surface area contributed by atoms with Gasteiger partial charge in [0.05, 0.1) is 11.0 Å². The first kappa shape index (κ1) is 20.9. The van der Waals surface area contributed by atoms with Crippen molar-refractivity contribution >= 4 is 28.8 Å². The molecule has 31 heavy (non-hydrogen) atoms. The first-order chi connectivity index (χ1) is 15.2. The number of likely N-dealkylation sites (tertiary alicyclic amines) is 1. The highest BCUT2D eigenvalue weighted by Crippen LogP contribution is 2.23. The molecule has 7 heteroatoms. The van der Waals surface area contributed by atoms with Gasteiger partial charge in [0.15, 0.2) is 6.61 Å². The number of carbonyl (C=O) groups excluding carboxylic acids is 2. The Labute approximate surface area is 182 Å². The Kier molecular flexibility index (Phi) is 6.50. The van der Waals surface area contributed by atoms with Gasteiger partial charge >= 0.3 is 0 Å². The number of benzene rings is 2. The fourth-order valence-corrected chi connectivity index (χ4v) is 3.98. The number of aromatic nitrogens is 2. The summed E-state index contributed by atoms with van der Waals surface area (Å²) in [4.78, 5) is 31.7. The van der Waals surface area contributed by atoms with Crippen LogP contribution >= 0.6 is 0 Å². The number of carbonyl (C=O) groups is 2. The number of amides is 2. The predicted molar refractivity (Wildman–Crippen MR) is 120 cm³/mol. The quantitative estimate of drug-likeness (QED) is 0.632. The molecule has 2 heterocycles. The summed E-state index contributed by atoms with van der Waals surface area (Å²) in [5, 5.41) is 3.03. The molecule has 7 nitrogen and oxygen atoms in total. The third-order valence-corrected chi connectivity index (χ3v) is 5.66. The lowest BCUT2D eigenvalue weighted by molar-refractivity contribution is -0.136. The van der Waals surface area contributed by atoms with Crippen LogP contribution in [0, 0.1) is 5.92 Å². The van der Waals surface area contributed by atoms with Crippen LogP contribution in [0.25, 0.3) is 11.0 Å². The van der Waals surface area contributed by atoms with Gasteiger partial charge in [0.25, 0.3) is 5.91 Å². The number of ether oxygens (including phenoxy) is 1. The Bertz CT molecular complexity index is 1040. The standard InChI is InChI=1S/C24H28N4O3/c1-2-14-28-21-11-7-6-10-20(21)25-24(28)26-23(30)18-12-15-27(16-13-18)22(29)17-31-19-8-4-3-5-9-19/h3-11,18H,2,12-17H2,1H3,(H,25,26,30). The van der Waals surface area contributed by atoms with E-state index in [-0.39, 0.29) is 24.3 Å². The summed E-state index contributed by atoms with van der Waals surface area (Å²) >= 11 is 0. The zero-order chi connectivity index (χ0) is 21.6. The zero-order valence-electron chi connectivity index (χ0n) is 17.8. The molecule has 1 aliphatic heterocycles. The van der Waals surface area contributed by atoms with E-state index in [4.69, 9.17) is 4.74 Å². The van der Waals surface area contributed by atoms with E-state index < -0.39 is 0 Å². The van der Waals surface area contributed by atoms with E-state index in [0.717, 1.165) is 24.0 Å². The number of hydrogen-bond donors (Lipinski definition) is 1. The highest BCUT2D eigenvalue weighted by atomic mass is 16.5. The average Bonchev–Trinajstić information content (AvgIpc) is 3.15. The van der Waals surface area contributed by atoms with Crippen LogP contribution in [0.4, 0.5) is 5.95 Å². The number of rotatable bonds is 7. The lowest BCUT2D eigenvalue weighted by Gasteiger charge is -2.31. The van der Waals surface area contributed by atoms with E-state index in [1.165, 1.54) is 0 Å². The van der Waals surface area contributed by atoms with Gasteiger partial charge in [0, 0.05) is 25.6 Å². The molecule has 0 unspecified atom stereocenters. The first-order valence-electron chi connectivity index (χ1n) is 10.9. The van der Waals surface area contributed by atoms with Crippen LogP contribution in [0.1, 0.15) is 26.2 Å². The van der Waals surface area contributed by atoms with Gasteiger partial charge in [-0.3, -0.25) is 14.9 Å². The summed E-state index contributed by atoms with van der Waals surface area (Å²) in [7, 11) is 0. The first-order valence-corrected chi connectivity index (χ1v) is 10.9. The number of fused-ring (bicyclic) bond motifs is 1. The summed E-state index contributed by atoms with van der Waals surface area (Å²) in [6, 6.07) is 17.2. The van der Waals surface area contributed by atoms with Gasteiger partial charge in [-0.25, -0.2) is 4.98 Å². The Morgan fingerprint density at radius 1 is 1.06 bits per heavy atom. The highest BCUT2D eigenvalue weighted by Gasteiger charge is 2.28. The molecule has 1 aliphatic rings. The number of imidazole rings is 1. The van der Waals surface area contributed by atoms with Gasteiger partial charge in [-0.1, -0.05) is 37.3 Å². The largest absolute Gasteiger partial charge is 0.484 e. The van der Waals surface area contributed by atoms with Crippen molar-refractivity contribution in [3.05, 3.63) is 54.6 Å². The maximum Gasteiger partial charge on any atom is 0.260 e. The third kappa shape index (κ3) is 4.87. The molecule has 0 spiro atoms. The SMILES string of the molecule is CCCn1c(NC(=O)C2CCN(C(=O)COc3ccccc3)CC2)nc2ccccc21. The molecular formula is C24H28N4O3. The van der Waals surface area contributed by atoms with Gasteiger partial charge < -0.3 is 14.2 Å². The molecule has 4 rings (SSSR count). The number of piperidine rings is 1. The molecule has 1 N–H and O–H groups in total. The number of aryl methyl sites for hydroxylation is 1. The van der Waals surface area contributed by atoms with E-state index in [2.05, 4.69) is 21.8 Å². The second kappa shape index (κ2) is 9.64. The number of nitrogens with zero attached hydrogens (tertiary/aromatic N) is 3. The van der Waals surface area contributed by atoms with Crippen molar-refractivity contribution in [2.75, 3.05) is 25.0 Å². The van der Waals surface area contributed by atoms with Crippen LogP contribution in [0.15, 0.2) is 54.6 Å². The molecule has 0 aliphatic carbocycles. The van der Waals surface area contributed by atoms with E-state index in [1.807, 2.05) is 54.6 Å².